The normalized spacial score (nSPS) is 12.9. The van der Waals surface area contributed by atoms with Crippen LogP contribution in [0.4, 0.5) is 10.1 Å². The number of hydrogen-bond acceptors (Lipinski definition) is 7. The summed E-state index contributed by atoms with van der Waals surface area (Å²) in [5, 5.41) is 3.71. The number of carbonyl (C=O) groups is 1. The largest absolute Gasteiger partial charge is 0.454 e. The molecule has 9 nitrogen and oxygen atoms in total. The average Bonchev–Trinajstić information content (AvgIpc) is 3.72. The summed E-state index contributed by atoms with van der Waals surface area (Å²) in [5.74, 6) is -0.299. The lowest BCUT2D eigenvalue weighted by Crippen LogP contribution is -2.25. The van der Waals surface area contributed by atoms with Crippen LogP contribution in [0.5, 0.6) is 0 Å². The van der Waals surface area contributed by atoms with Gasteiger partial charge >= 0.3 is 0 Å². The number of benzene rings is 2. The minimum absolute atomic E-state index is 0.298. The highest BCUT2D eigenvalue weighted by molar-refractivity contribution is 7.92. The Kier molecular flexibility index (Phi) is 5.96. The SMILES string of the molecule is CNC(=O)c1c(-c2cncs2)oc2cc(N(C)S(C)(=O)=O)c(-c3ccc4c(n3)-c3cc5c(F)cccc5n3CC4)cc12. The van der Waals surface area contributed by atoms with Gasteiger partial charge < -0.3 is 14.3 Å². The third-order valence-electron chi connectivity index (χ3n) is 7.75. The van der Waals surface area contributed by atoms with Crippen LogP contribution in [-0.2, 0) is 23.0 Å². The number of nitrogens with zero attached hydrogens (tertiary/aromatic N) is 4. The number of nitrogens with one attached hydrogen (secondary N) is 1. The predicted octanol–water partition coefficient (Wildman–Crippen LogP) is 5.69. The summed E-state index contributed by atoms with van der Waals surface area (Å²) in [6.07, 6.45) is 3.45. The van der Waals surface area contributed by atoms with Gasteiger partial charge in [-0.3, -0.25) is 14.1 Å². The number of carbonyl (C=O) groups excluding carboxylic acids is 1. The quantitative estimate of drug-likeness (QED) is 0.272. The van der Waals surface area contributed by atoms with Crippen molar-refractivity contribution < 1.29 is 22.0 Å². The molecule has 0 saturated carbocycles. The van der Waals surface area contributed by atoms with Gasteiger partial charge in [-0.05, 0) is 42.3 Å². The fourth-order valence-corrected chi connectivity index (χ4v) is 6.72. The van der Waals surface area contributed by atoms with Crippen molar-refractivity contribution in [3.05, 3.63) is 77.2 Å². The maximum absolute atomic E-state index is 14.7. The number of hydrogen-bond donors (Lipinski definition) is 1. The van der Waals surface area contributed by atoms with Gasteiger partial charge in [0.15, 0.2) is 5.76 Å². The first-order valence-corrected chi connectivity index (χ1v) is 15.8. The number of amides is 1. The third-order valence-corrected chi connectivity index (χ3v) is 9.71. The van der Waals surface area contributed by atoms with Crippen molar-refractivity contribution in [2.45, 2.75) is 13.0 Å². The van der Waals surface area contributed by atoms with E-state index < -0.39 is 10.0 Å². The van der Waals surface area contributed by atoms with Crippen LogP contribution in [0, 0.1) is 5.82 Å². The van der Waals surface area contributed by atoms with E-state index in [1.807, 2.05) is 24.3 Å². The maximum atomic E-state index is 14.7. The van der Waals surface area contributed by atoms with Crippen LogP contribution in [0.3, 0.4) is 0 Å². The van der Waals surface area contributed by atoms with Gasteiger partial charge in [-0.2, -0.15) is 0 Å². The molecule has 4 aromatic heterocycles. The van der Waals surface area contributed by atoms with E-state index in [2.05, 4.69) is 14.9 Å². The second-order valence-electron chi connectivity index (χ2n) is 10.2. The molecule has 1 aliphatic heterocycles. The molecule has 212 valence electrons. The van der Waals surface area contributed by atoms with Crippen molar-refractivity contribution in [2.24, 2.45) is 0 Å². The number of pyridine rings is 1. The molecule has 42 heavy (non-hydrogen) atoms. The Labute approximate surface area is 244 Å². The lowest BCUT2D eigenvalue weighted by molar-refractivity contribution is 0.0964. The van der Waals surface area contributed by atoms with E-state index in [0.717, 1.165) is 23.0 Å². The van der Waals surface area contributed by atoms with Crippen LogP contribution in [0.1, 0.15) is 15.9 Å². The Balaban J connectivity index is 1.50. The Hall–Kier alpha value is -4.55. The monoisotopic (exact) mass is 601 g/mol. The topological polar surface area (TPSA) is 110 Å². The zero-order chi connectivity index (χ0) is 29.3. The van der Waals surface area contributed by atoms with Crippen molar-refractivity contribution in [1.29, 1.82) is 0 Å². The van der Waals surface area contributed by atoms with E-state index in [9.17, 15) is 17.6 Å². The minimum atomic E-state index is -3.68. The zero-order valence-electron chi connectivity index (χ0n) is 22.8. The maximum Gasteiger partial charge on any atom is 0.255 e. The summed E-state index contributed by atoms with van der Waals surface area (Å²) < 4.78 is 49.6. The highest BCUT2D eigenvalue weighted by Gasteiger charge is 2.28. The predicted molar refractivity (Wildman–Crippen MR) is 162 cm³/mol. The Morgan fingerprint density at radius 3 is 2.74 bits per heavy atom. The molecule has 2 aromatic carbocycles. The highest BCUT2D eigenvalue weighted by atomic mass is 32.2. The molecule has 1 aliphatic rings. The summed E-state index contributed by atoms with van der Waals surface area (Å²) in [7, 11) is -0.677. The smallest absolute Gasteiger partial charge is 0.255 e. The molecular formula is C30H24FN5O4S2. The Morgan fingerprint density at radius 2 is 2.00 bits per heavy atom. The first kappa shape index (κ1) is 26.4. The standard InChI is InChI=1S/C30H24FN5O4S2/c1-32-30(37)27-19-11-18(23(35(2)42(3,38)39)13-25(19)40-29(27)26-14-33-15-41-26)21-8-7-16-9-10-36-22-6-4-5-20(31)17(22)12-24(36)28(16)34-21/h4-8,11-15H,9-10H2,1-3H3,(H,32,37). The van der Waals surface area contributed by atoms with Gasteiger partial charge in [0.25, 0.3) is 5.91 Å². The molecule has 0 radical (unpaired) electrons. The molecule has 0 aliphatic carbocycles. The minimum Gasteiger partial charge on any atom is -0.454 e. The van der Waals surface area contributed by atoms with E-state index in [1.54, 1.807) is 29.9 Å². The van der Waals surface area contributed by atoms with Crippen LogP contribution < -0.4 is 9.62 Å². The molecule has 1 N–H and O–H groups in total. The number of anilines is 1. The second kappa shape index (κ2) is 9.50. The number of fused-ring (bicyclic) bond motifs is 6. The van der Waals surface area contributed by atoms with Crippen LogP contribution in [0.25, 0.3) is 55.2 Å². The molecule has 7 rings (SSSR count). The molecule has 0 bridgehead atoms. The first-order chi connectivity index (χ1) is 20.2. The van der Waals surface area contributed by atoms with E-state index in [-0.39, 0.29) is 11.7 Å². The first-order valence-electron chi connectivity index (χ1n) is 13.1. The van der Waals surface area contributed by atoms with E-state index in [1.165, 1.54) is 35.8 Å². The van der Waals surface area contributed by atoms with Gasteiger partial charge in [0.1, 0.15) is 11.4 Å². The number of thiazole rings is 1. The molecule has 0 fully saturated rings. The number of aromatic nitrogens is 3. The van der Waals surface area contributed by atoms with Gasteiger partial charge in [-0.15, -0.1) is 11.3 Å². The van der Waals surface area contributed by atoms with Crippen LogP contribution >= 0.6 is 11.3 Å². The van der Waals surface area contributed by atoms with E-state index in [0.29, 0.717) is 68.2 Å². The number of aryl methyl sites for hydroxylation is 2. The number of halogens is 1. The van der Waals surface area contributed by atoms with Crippen molar-refractivity contribution in [3.8, 4) is 33.3 Å². The van der Waals surface area contributed by atoms with Gasteiger partial charge in [-0.1, -0.05) is 12.1 Å². The highest BCUT2D eigenvalue weighted by Crippen LogP contribution is 2.43. The van der Waals surface area contributed by atoms with Crippen molar-refractivity contribution in [1.82, 2.24) is 19.9 Å². The lowest BCUT2D eigenvalue weighted by Gasteiger charge is -2.23. The Bertz CT molecular complexity index is 2170. The fourth-order valence-electron chi connectivity index (χ4n) is 5.61. The van der Waals surface area contributed by atoms with Gasteiger partial charge in [0.05, 0.1) is 50.5 Å². The van der Waals surface area contributed by atoms with Gasteiger partial charge in [0, 0.05) is 49.2 Å². The molecule has 0 unspecified atom stereocenters. The number of rotatable bonds is 5. The van der Waals surface area contributed by atoms with E-state index in [4.69, 9.17) is 9.40 Å². The van der Waals surface area contributed by atoms with Crippen molar-refractivity contribution in [3.63, 3.8) is 0 Å². The summed E-state index contributed by atoms with van der Waals surface area (Å²) in [4.78, 5) is 22.9. The third kappa shape index (κ3) is 4.01. The molecule has 0 atom stereocenters. The summed E-state index contributed by atoms with van der Waals surface area (Å²) in [5.41, 5.74) is 6.95. The van der Waals surface area contributed by atoms with Crippen LogP contribution in [0.2, 0.25) is 0 Å². The molecule has 0 spiro atoms. The second-order valence-corrected chi connectivity index (χ2v) is 13.1. The molecule has 6 aromatic rings. The molecule has 0 saturated heterocycles. The Morgan fingerprint density at radius 1 is 1.17 bits per heavy atom. The number of sulfonamides is 1. The molecule has 12 heteroatoms. The fraction of sp³-hybridized carbons (Fsp3) is 0.167. The molecule has 1 amide bonds. The van der Waals surface area contributed by atoms with E-state index >= 15 is 0 Å². The molecular weight excluding hydrogens is 577 g/mol. The lowest BCUT2D eigenvalue weighted by atomic mass is 9.99. The zero-order valence-corrected chi connectivity index (χ0v) is 24.4. The van der Waals surface area contributed by atoms with Crippen LogP contribution in [-0.4, -0.2) is 49.2 Å². The van der Waals surface area contributed by atoms with Crippen LogP contribution in [0.15, 0.2) is 64.7 Å². The summed E-state index contributed by atoms with van der Waals surface area (Å²) >= 11 is 1.33. The summed E-state index contributed by atoms with van der Waals surface area (Å²) in [6, 6.07) is 14.0. The van der Waals surface area contributed by atoms with Gasteiger partial charge in [-0.25, -0.2) is 17.8 Å². The average molecular weight is 602 g/mol. The van der Waals surface area contributed by atoms with Crippen molar-refractivity contribution in [2.75, 3.05) is 24.7 Å². The summed E-state index contributed by atoms with van der Waals surface area (Å²) in [6.45, 7) is 0.690. The van der Waals surface area contributed by atoms with Crippen molar-refractivity contribution >= 4 is 54.8 Å². The molecule has 5 heterocycles. The number of furan rings is 1. The van der Waals surface area contributed by atoms with Gasteiger partial charge in [0.2, 0.25) is 10.0 Å².